The van der Waals surface area contributed by atoms with E-state index in [0.717, 1.165) is 11.1 Å². The molecular formula is C21H35BN2O5. The molecule has 0 saturated carbocycles. The number of nitrogens with one attached hydrogen (secondary N) is 1. The molecule has 162 valence electrons. The van der Waals surface area contributed by atoms with Crippen molar-refractivity contribution in [3.63, 3.8) is 0 Å². The number of pyridine rings is 1. The maximum absolute atomic E-state index is 12.2. The van der Waals surface area contributed by atoms with Crippen molar-refractivity contribution in [3.8, 4) is 0 Å². The van der Waals surface area contributed by atoms with Gasteiger partial charge in [-0.25, -0.2) is 4.79 Å². The Morgan fingerprint density at radius 3 is 2.38 bits per heavy atom. The van der Waals surface area contributed by atoms with E-state index < -0.39 is 30.0 Å². The number of rotatable bonds is 5. The van der Waals surface area contributed by atoms with Gasteiger partial charge in [0.25, 0.3) is 5.56 Å². The quantitative estimate of drug-likeness (QED) is 0.760. The van der Waals surface area contributed by atoms with Gasteiger partial charge in [0.15, 0.2) is 0 Å². The molecule has 2 rings (SSSR count). The summed E-state index contributed by atoms with van der Waals surface area (Å²) < 4.78 is 19.4. The third-order valence-electron chi connectivity index (χ3n) is 5.72. The number of carbonyl (C=O) groups excluding carboxylic acids is 1. The van der Waals surface area contributed by atoms with Gasteiger partial charge in [-0.1, -0.05) is 13.8 Å². The Kier molecular flexibility index (Phi) is 6.60. The summed E-state index contributed by atoms with van der Waals surface area (Å²) in [7, 11) is 1.27. The van der Waals surface area contributed by atoms with Gasteiger partial charge in [-0.05, 0) is 58.6 Å². The summed E-state index contributed by atoms with van der Waals surface area (Å²) in [6.07, 6.45) is 1.73. The van der Waals surface area contributed by atoms with Gasteiger partial charge in [-0.15, -0.1) is 0 Å². The number of nitrogens with zero attached hydrogens (tertiary/aromatic N) is 1. The van der Waals surface area contributed by atoms with Crippen LogP contribution in [0.25, 0.3) is 0 Å². The van der Waals surface area contributed by atoms with Crippen molar-refractivity contribution in [3.05, 3.63) is 33.7 Å². The molecule has 0 spiro atoms. The predicted molar refractivity (Wildman–Crippen MR) is 114 cm³/mol. The third kappa shape index (κ3) is 5.42. The first kappa shape index (κ1) is 23.5. The molecule has 29 heavy (non-hydrogen) atoms. The third-order valence-corrected chi connectivity index (χ3v) is 5.72. The molecule has 8 heteroatoms. The van der Waals surface area contributed by atoms with Gasteiger partial charge in [0.2, 0.25) is 0 Å². The van der Waals surface area contributed by atoms with E-state index in [0.29, 0.717) is 6.32 Å². The minimum Gasteiger partial charge on any atom is -0.444 e. The second-order valence-corrected chi connectivity index (χ2v) is 9.77. The van der Waals surface area contributed by atoms with Crippen LogP contribution in [0.15, 0.2) is 17.1 Å². The maximum Gasteiger partial charge on any atom is 0.462 e. The SMILES string of the molecule is CC(C)C1(C)OB(Cc2cn(C)c(=O)cc2CNC(=O)OC(C)(C)C)OC1(C)C. The molecule has 1 aromatic rings. The number of hydrogen-bond donors (Lipinski definition) is 1. The van der Waals surface area contributed by atoms with Crippen molar-refractivity contribution in [1.29, 1.82) is 0 Å². The maximum atomic E-state index is 12.2. The molecule has 1 aliphatic rings. The van der Waals surface area contributed by atoms with E-state index in [1.807, 2.05) is 13.8 Å². The molecule has 0 aromatic carbocycles. The average Bonchev–Trinajstić information content (AvgIpc) is 2.77. The molecule has 0 radical (unpaired) electrons. The molecule has 1 fully saturated rings. The van der Waals surface area contributed by atoms with Crippen LogP contribution in [0.2, 0.25) is 0 Å². The molecule has 1 amide bonds. The lowest BCUT2D eigenvalue weighted by Crippen LogP contribution is -2.48. The first-order chi connectivity index (χ1) is 13.1. The molecule has 1 N–H and O–H groups in total. The monoisotopic (exact) mass is 406 g/mol. The summed E-state index contributed by atoms with van der Waals surface area (Å²) in [4.78, 5) is 24.2. The highest BCUT2D eigenvalue weighted by Crippen LogP contribution is 2.42. The molecule has 7 nitrogen and oxygen atoms in total. The summed E-state index contributed by atoms with van der Waals surface area (Å²) in [5.41, 5.74) is 0.0155. The Morgan fingerprint density at radius 1 is 1.24 bits per heavy atom. The summed E-state index contributed by atoms with van der Waals surface area (Å²) >= 11 is 0. The van der Waals surface area contributed by atoms with Gasteiger partial charge in [0, 0.05) is 32.2 Å². The average molecular weight is 406 g/mol. The number of hydrogen-bond acceptors (Lipinski definition) is 5. The number of ether oxygens (including phenoxy) is 1. The standard InChI is InChI=1S/C21H35BN2O5/c1-14(2)21(8)20(6,7)28-22(29-21)11-16-13-24(9)17(25)10-15(16)12-23-18(26)27-19(3,4)5/h10,13-14H,11-12H2,1-9H3,(H,23,26). The predicted octanol–water partition coefficient (Wildman–Crippen LogP) is 3.22. The lowest BCUT2D eigenvalue weighted by molar-refractivity contribution is -0.0435. The Labute approximate surface area is 174 Å². The van der Waals surface area contributed by atoms with Gasteiger partial charge >= 0.3 is 13.2 Å². The van der Waals surface area contributed by atoms with Crippen LogP contribution in [0.4, 0.5) is 4.79 Å². The van der Waals surface area contributed by atoms with Crippen molar-refractivity contribution in [2.75, 3.05) is 0 Å². The lowest BCUT2D eigenvalue weighted by Gasteiger charge is -2.39. The van der Waals surface area contributed by atoms with E-state index in [1.165, 1.54) is 10.6 Å². The fourth-order valence-corrected chi connectivity index (χ4v) is 3.53. The Bertz CT molecular complexity index is 812. The fourth-order valence-electron chi connectivity index (χ4n) is 3.53. The van der Waals surface area contributed by atoms with Gasteiger partial charge in [-0.2, -0.15) is 0 Å². The summed E-state index contributed by atoms with van der Waals surface area (Å²) in [6, 6.07) is 1.54. The van der Waals surface area contributed by atoms with Gasteiger partial charge in [-0.3, -0.25) is 4.79 Å². The van der Waals surface area contributed by atoms with Crippen LogP contribution in [0.1, 0.15) is 66.5 Å². The van der Waals surface area contributed by atoms with Gasteiger partial charge in [0.05, 0.1) is 11.2 Å². The highest BCUT2D eigenvalue weighted by atomic mass is 16.7. The van der Waals surface area contributed by atoms with Crippen LogP contribution in [-0.4, -0.2) is 34.6 Å². The van der Waals surface area contributed by atoms with E-state index in [2.05, 4.69) is 26.1 Å². The molecule has 1 saturated heterocycles. The molecule has 0 aliphatic carbocycles. The largest absolute Gasteiger partial charge is 0.462 e. The fraction of sp³-hybridized carbons (Fsp3) is 0.714. The number of carbonyl (C=O) groups is 1. The summed E-state index contributed by atoms with van der Waals surface area (Å²) in [5, 5.41) is 2.73. The Hall–Kier alpha value is -1.80. The van der Waals surface area contributed by atoms with Crippen molar-refractivity contribution >= 4 is 13.2 Å². The van der Waals surface area contributed by atoms with Crippen molar-refractivity contribution < 1.29 is 18.8 Å². The van der Waals surface area contributed by atoms with Crippen LogP contribution >= 0.6 is 0 Å². The van der Waals surface area contributed by atoms with Gasteiger partial charge < -0.3 is 23.9 Å². The number of alkyl carbamates (subject to hydrolysis) is 1. The smallest absolute Gasteiger partial charge is 0.444 e. The van der Waals surface area contributed by atoms with E-state index in [1.54, 1.807) is 34.0 Å². The molecule has 1 aliphatic heterocycles. The highest BCUT2D eigenvalue weighted by molar-refractivity contribution is 6.45. The Balaban J connectivity index is 2.20. The van der Waals surface area contributed by atoms with Crippen LogP contribution in [0, 0.1) is 5.92 Å². The topological polar surface area (TPSA) is 78.8 Å². The second kappa shape index (κ2) is 8.15. The van der Waals surface area contributed by atoms with Crippen LogP contribution < -0.4 is 10.9 Å². The highest BCUT2D eigenvalue weighted by Gasteiger charge is 2.55. The van der Waals surface area contributed by atoms with E-state index in [4.69, 9.17) is 14.0 Å². The molecule has 1 atom stereocenters. The zero-order chi connectivity index (χ0) is 22.2. The normalized spacial score (nSPS) is 21.5. The van der Waals surface area contributed by atoms with Crippen LogP contribution in [0.3, 0.4) is 0 Å². The molecule has 2 heterocycles. The van der Waals surface area contributed by atoms with Crippen molar-refractivity contribution in [2.45, 2.75) is 85.1 Å². The minimum atomic E-state index is -0.585. The number of aryl methyl sites for hydroxylation is 1. The van der Waals surface area contributed by atoms with Gasteiger partial charge in [0.1, 0.15) is 5.60 Å². The molecule has 0 bridgehead atoms. The van der Waals surface area contributed by atoms with E-state index >= 15 is 0 Å². The minimum absolute atomic E-state index is 0.143. The number of amides is 1. The van der Waals surface area contributed by atoms with Crippen LogP contribution in [-0.2, 0) is 34.0 Å². The first-order valence-electron chi connectivity index (χ1n) is 10.2. The zero-order valence-electron chi connectivity index (χ0n) is 19.2. The van der Waals surface area contributed by atoms with E-state index in [-0.39, 0.29) is 18.0 Å². The second-order valence-electron chi connectivity index (χ2n) is 9.77. The molecule has 1 aromatic heterocycles. The number of aromatic nitrogens is 1. The van der Waals surface area contributed by atoms with Crippen molar-refractivity contribution in [2.24, 2.45) is 13.0 Å². The summed E-state index contributed by atoms with van der Waals surface area (Å²) in [6.45, 7) is 16.0. The zero-order valence-corrected chi connectivity index (χ0v) is 19.2. The molecule has 1 unspecified atom stereocenters. The van der Waals surface area contributed by atoms with Crippen molar-refractivity contribution in [1.82, 2.24) is 9.88 Å². The van der Waals surface area contributed by atoms with Crippen LogP contribution in [0.5, 0.6) is 0 Å². The molecular weight excluding hydrogens is 371 g/mol. The first-order valence-corrected chi connectivity index (χ1v) is 10.2. The lowest BCUT2D eigenvalue weighted by atomic mass is 9.78. The van der Waals surface area contributed by atoms with E-state index in [9.17, 15) is 9.59 Å². The Morgan fingerprint density at radius 2 is 1.86 bits per heavy atom. The summed E-state index contributed by atoms with van der Waals surface area (Å²) in [5.74, 6) is 0.274.